The third kappa shape index (κ3) is 6.48. The van der Waals surface area contributed by atoms with Gasteiger partial charge in [0, 0.05) is 18.7 Å². The van der Waals surface area contributed by atoms with Gasteiger partial charge in [-0.05, 0) is 18.6 Å². The molecule has 0 aliphatic heterocycles. The lowest BCUT2D eigenvalue weighted by atomic mass is 10.2. The molecule has 124 valence electrons. The summed E-state index contributed by atoms with van der Waals surface area (Å²) in [5.41, 5.74) is 2.30. The highest BCUT2D eigenvalue weighted by Crippen LogP contribution is 2.16. The van der Waals surface area contributed by atoms with Crippen molar-refractivity contribution in [3.8, 4) is 5.75 Å². The smallest absolute Gasteiger partial charge is 0.191 e. The molecular weight excluding hydrogens is 401 g/mol. The lowest BCUT2D eigenvalue weighted by molar-refractivity contribution is 0.409. The Labute approximate surface area is 155 Å². The van der Waals surface area contributed by atoms with Gasteiger partial charge in [0.05, 0.1) is 13.7 Å². The molecule has 2 aromatic carbocycles. The topological polar surface area (TPSA) is 45.7 Å². The fourth-order valence-corrected chi connectivity index (χ4v) is 2.12. The number of ether oxygens (including phenoxy) is 1. The van der Waals surface area contributed by atoms with Gasteiger partial charge >= 0.3 is 0 Å². The number of para-hydroxylation sites is 1. The van der Waals surface area contributed by atoms with E-state index in [9.17, 15) is 0 Å². The van der Waals surface area contributed by atoms with E-state index < -0.39 is 0 Å². The van der Waals surface area contributed by atoms with Crippen molar-refractivity contribution in [2.75, 3.05) is 13.7 Å². The average molecular weight is 425 g/mol. The van der Waals surface area contributed by atoms with Gasteiger partial charge in [0.15, 0.2) is 5.96 Å². The molecule has 5 heteroatoms. The van der Waals surface area contributed by atoms with E-state index >= 15 is 0 Å². The van der Waals surface area contributed by atoms with Crippen molar-refractivity contribution in [1.82, 2.24) is 10.6 Å². The van der Waals surface area contributed by atoms with Crippen molar-refractivity contribution in [3.63, 3.8) is 0 Å². The number of guanidine groups is 1. The number of nitrogens with one attached hydrogen (secondary N) is 2. The average Bonchev–Trinajstić information content (AvgIpc) is 2.58. The molecule has 0 bridgehead atoms. The predicted octanol–water partition coefficient (Wildman–Crippen LogP) is 3.57. The van der Waals surface area contributed by atoms with Gasteiger partial charge in [0.25, 0.3) is 0 Å². The van der Waals surface area contributed by atoms with Crippen molar-refractivity contribution in [3.05, 3.63) is 65.7 Å². The van der Waals surface area contributed by atoms with E-state index in [1.165, 1.54) is 5.56 Å². The third-order valence-corrected chi connectivity index (χ3v) is 3.25. The van der Waals surface area contributed by atoms with Gasteiger partial charge < -0.3 is 15.4 Å². The fourth-order valence-electron chi connectivity index (χ4n) is 2.12. The van der Waals surface area contributed by atoms with Crippen molar-refractivity contribution in [2.45, 2.75) is 20.0 Å². The molecule has 0 fully saturated rings. The highest BCUT2D eigenvalue weighted by Gasteiger charge is 2.03. The Morgan fingerprint density at radius 3 is 2.39 bits per heavy atom. The molecule has 0 aliphatic rings. The fraction of sp³-hybridized carbons (Fsp3) is 0.278. The number of benzene rings is 2. The van der Waals surface area contributed by atoms with E-state index in [-0.39, 0.29) is 24.0 Å². The quantitative estimate of drug-likeness (QED) is 0.423. The van der Waals surface area contributed by atoms with Crippen LogP contribution in [0.3, 0.4) is 0 Å². The molecule has 0 aliphatic carbocycles. The lowest BCUT2D eigenvalue weighted by Crippen LogP contribution is -2.36. The maximum atomic E-state index is 5.37. The van der Waals surface area contributed by atoms with Crippen LogP contribution in [0.2, 0.25) is 0 Å². The summed E-state index contributed by atoms with van der Waals surface area (Å²) in [7, 11) is 1.69. The zero-order chi connectivity index (χ0) is 15.6. The molecule has 0 amide bonds. The third-order valence-electron chi connectivity index (χ3n) is 3.25. The normalized spacial score (nSPS) is 10.6. The van der Waals surface area contributed by atoms with E-state index in [2.05, 4.69) is 34.7 Å². The van der Waals surface area contributed by atoms with Gasteiger partial charge in [0.1, 0.15) is 5.75 Å². The van der Waals surface area contributed by atoms with Crippen LogP contribution in [0, 0.1) is 0 Å². The second kappa shape index (κ2) is 10.9. The van der Waals surface area contributed by atoms with Crippen LogP contribution in [0.15, 0.2) is 59.6 Å². The Balaban J connectivity index is 0.00000264. The molecule has 0 unspecified atom stereocenters. The molecule has 0 heterocycles. The van der Waals surface area contributed by atoms with Crippen molar-refractivity contribution < 1.29 is 4.74 Å². The highest BCUT2D eigenvalue weighted by molar-refractivity contribution is 14.0. The van der Waals surface area contributed by atoms with E-state index in [0.29, 0.717) is 13.1 Å². The van der Waals surface area contributed by atoms with E-state index in [1.54, 1.807) is 7.11 Å². The molecule has 4 nitrogen and oxygen atoms in total. The van der Waals surface area contributed by atoms with Gasteiger partial charge in [-0.2, -0.15) is 0 Å². The van der Waals surface area contributed by atoms with Crippen LogP contribution < -0.4 is 15.4 Å². The minimum Gasteiger partial charge on any atom is -0.496 e. The van der Waals surface area contributed by atoms with E-state index in [0.717, 1.165) is 23.8 Å². The van der Waals surface area contributed by atoms with Crippen LogP contribution in [0.1, 0.15) is 18.1 Å². The SMILES string of the molecule is CCNC(=NCc1ccccc1)NCc1ccccc1OC.I. The van der Waals surface area contributed by atoms with Gasteiger partial charge in [-0.1, -0.05) is 48.5 Å². The maximum absolute atomic E-state index is 5.37. The van der Waals surface area contributed by atoms with Gasteiger partial charge in [0.2, 0.25) is 0 Å². The van der Waals surface area contributed by atoms with Gasteiger partial charge in [-0.25, -0.2) is 4.99 Å². The molecule has 0 spiro atoms. The molecule has 0 radical (unpaired) electrons. The summed E-state index contributed by atoms with van der Waals surface area (Å²) in [6, 6.07) is 18.2. The first-order valence-corrected chi connectivity index (χ1v) is 7.51. The first-order valence-electron chi connectivity index (χ1n) is 7.51. The Morgan fingerprint density at radius 1 is 1.00 bits per heavy atom. The summed E-state index contributed by atoms with van der Waals surface area (Å²) >= 11 is 0. The Kier molecular flexibility index (Phi) is 9.12. The lowest BCUT2D eigenvalue weighted by Gasteiger charge is -2.13. The minimum absolute atomic E-state index is 0. The molecule has 0 atom stereocenters. The van der Waals surface area contributed by atoms with E-state index in [1.807, 2.05) is 42.5 Å². The zero-order valence-electron chi connectivity index (χ0n) is 13.6. The Bertz CT molecular complexity index is 602. The number of methoxy groups -OCH3 is 1. The summed E-state index contributed by atoms with van der Waals surface area (Å²) in [6.45, 7) is 4.21. The molecule has 2 N–H and O–H groups in total. The highest BCUT2D eigenvalue weighted by atomic mass is 127. The number of hydrogen-bond donors (Lipinski definition) is 2. The van der Waals surface area contributed by atoms with Crippen molar-refractivity contribution in [1.29, 1.82) is 0 Å². The van der Waals surface area contributed by atoms with Crippen molar-refractivity contribution in [2.24, 2.45) is 4.99 Å². The summed E-state index contributed by atoms with van der Waals surface area (Å²) in [4.78, 5) is 4.61. The predicted molar refractivity (Wildman–Crippen MR) is 107 cm³/mol. The Morgan fingerprint density at radius 2 is 1.70 bits per heavy atom. The summed E-state index contributed by atoms with van der Waals surface area (Å²) in [5.74, 6) is 1.69. The number of halogens is 1. The second-order valence-electron chi connectivity index (χ2n) is 4.85. The largest absolute Gasteiger partial charge is 0.496 e. The van der Waals surface area contributed by atoms with E-state index in [4.69, 9.17) is 4.74 Å². The summed E-state index contributed by atoms with van der Waals surface area (Å²) < 4.78 is 5.37. The molecule has 0 aromatic heterocycles. The second-order valence-corrected chi connectivity index (χ2v) is 4.85. The monoisotopic (exact) mass is 425 g/mol. The van der Waals surface area contributed by atoms with Crippen LogP contribution in [-0.4, -0.2) is 19.6 Å². The number of aliphatic imine (C=N–C) groups is 1. The zero-order valence-corrected chi connectivity index (χ0v) is 15.9. The molecule has 23 heavy (non-hydrogen) atoms. The van der Waals surface area contributed by atoms with Crippen LogP contribution >= 0.6 is 24.0 Å². The van der Waals surface area contributed by atoms with Gasteiger partial charge in [-0.3, -0.25) is 0 Å². The van der Waals surface area contributed by atoms with Crippen LogP contribution in [0.5, 0.6) is 5.75 Å². The molecule has 0 saturated heterocycles. The summed E-state index contributed by atoms with van der Waals surface area (Å²) in [6.07, 6.45) is 0. The van der Waals surface area contributed by atoms with Crippen LogP contribution in [-0.2, 0) is 13.1 Å². The number of hydrogen-bond acceptors (Lipinski definition) is 2. The number of nitrogens with zero attached hydrogens (tertiary/aromatic N) is 1. The molecule has 2 aromatic rings. The molecule has 0 saturated carbocycles. The molecule has 2 rings (SSSR count). The summed E-state index contributed by atoms with van der Waals surface area (Å²) in [5, 5.41) is 6.60. The van der Waals surface area contributed by atoms with Crippen molar-refractivity contribution >= 4 is 29.9 Å². The number of rotatable bonds is 6. The Hall–Kier alpha value is -1.76. The van der Waals surface area contributed by atoms with Crippen LogP contribution in [0.4, 0.5) is 0 Å². The standard InChI is InChI=1S/C18H23N3O.HI/c1-3-19-18(20-13-15-9-5-4-6-10-15)21-14-16-11-7-8-12-17(16)22-2;/h4-12H,3,13-14H2,1-2H3,(H2,19,20,21);1H. The first-order chi connectivity index (χ1) is 10.8. The minimum atomic E-state index is 0. The first kappa shape index (κ1) is 19.3. The van der Waals surface area contributed by atoms with Crippen LogP contribution in [0.25, 0.3) is 0 Å². The molecular formula is C18H24IN3O. The van der Waals surface area contributed by atoms with Gasteiger partial charge in [-0.15, -0.1) is 24.0 Å². The maximum Gasteiger partial charge on any atom is 0.191 e.